The van der Waals surface area contributed by atoms with Gasteiger partial charge in [0.05, 0.1) is 12.1 Å². The minimum Gasteiger partial charge on any atom is -0.423 e. The van der Waals surface area contributed by atoms with Crippen molar-refractivity contribution in [3.8, 4) is 0 Å². The zero-order chi connectivity index (χ0) is 16.6. The molecule has 2 heterocycles. The molecule has 0 spiro atoms. The van der Waals surface area contributed by atoms with Crippen LogP contribution in [-0.2, 0) is 12.7 Å². The molecule has 0 saturated carbocycles. The number of nitrogens with one attached hydrogen (secondary N) is 1. The van der Waals surface area contributed by atoms with Crippen molar-refractivity contribution in [2.24, 2.45) is 0 Å². The fourth-order valence-electron chi connectivity index (χ4n) is 1.89. The lowest BCUT2D eigenvalue weighted by Crippen LogP contribution is -2.10. The maximum absolute atomic E-state index is 12.7. The van der Waals surface area contributed by atoms with E-state index >= 15 is 0 Å². The maximum atomic E-state index is 12.7. The molecule has 0 amide bonds. The minimum atomic E-state index is -4.44. The standard InChI is InChI=1S/C13H12F3N5O2/c1-21(2)6-10-19-20-12(23-10)18-11-17-8-5-7(13(14,15)16)3-4-9(8)22-11/h3-5H,6H2,1-2H3,(H,17,18,20). The Morgan fingerprint density at radius 2 is 1.91 bits per heavy atom. The van der Waals surface area contributed by atoms with Gasteiger partial charge in [0.15, 0.2) is 5.58 Å². The molecule has 0 aliphatic heterocycles. The maximum Gasteiger partial charge on any atom is 0.416 e. The van der Waals surface area contributed by atoms with Gasteiger partial charge in [-0.25, -0.2) is 0 Å². The first-order valence-corrected chi connectivity index (χ1v) is 6.53. The Balaban J connectivity index is 1.82. The van der Waals surface area contributed by atoms with Crippen LogP contribution in [0.1, 0.15) is 11.5 Å². The first-order valence-electron chi connectivity index (χ1n) is 6.53. The molecular weight excluding hydrogens is 315 g/mol. The van der Waals surface area contributed by atoms with Crippen LogP contribution < -0.4 is 5.32 Å². The van der Waals surface area contributed by atoms with Crippen LogP contribution in [0.15, 0.2) is 27.0 Å². The van der Waals surface area contributed by atoms with Crippen LogP contribution in [0.5, 0.6) is 0 Å². The van der Waals surface area contributed by atoms with Gasteiger partial charge in [0, 0.05) is 0 Å². The number of aromatic nitrogens is 3. The van der Waals surface area contributed by atoms with E-state index in [-0.39, 0.29) is 23.1 Å². The predicted octanol–water partition coefficient (Wildman–Crippen LogP) is 3.03. The van der Waals surface area contributed by atoms with Gasteiger partial charge < -0.3 is 13.7 Å². The predicted molar refractivity (Wildman–Crippen MR) is 74.0 cm³/mol. The lowest BCUT2D eigenvalue weighted by atomic mass is 10.2. The lowest BCUT2D eigenvalue weighted by molar-refractivity contribution is -0.137. The first kappa shape index (κ1) is 15.3. The highest BCUT2D eigenvalue weighted by Crippen LogP contribution is 2.32. The van der Waals surface area contributed by atoms with Crippen molar-refractivity contribution in [2.75, 3.05) is 19.4 Å². The molecule has 10 heteroatoms. The van der Waals surface area contributed by atoms with Gasteiger partial charge in [0.25, 0.3) is 0 Å². The van der Waals surface area contributed by atoms with Crippen molar-refractivity contribution in [2.45, 2.75) is 12.7 Å². The van der Waals surface area contributed by atoms with Crippen molar-refractivity contribution in [3.05, 3.63) is 29.7 Å². The topological polar surface area (TPSA) is 80.2 Å². The summed E-state index contributed by atoms with van der Waals surface area (Å²) in [6, 6.07) is 3.07. The summed E-state index contributed by atoms with van der Waals surface area (Å²) in [5.41, 5.74) is -0.500. The SMILES string of the molecule is CN(C)Cc1nnc(Nc2nc3cc(C(F)(F)F)ccc3o2)o1. The largest absolute Gasteiger partial charge is 0.423 e. The average molecular weight is 327 g/mol. The first-order chi connectivity index (χ1) is 10.8. The Bertz CT molecular complexity index is 824. The normalized spacial score (nSPS) is 12.3. The van der Waals surface area contributed by atoms with E-state index in [4.69, 9.17) is 8.83 Å². The molecule has 0 bridgehead atoms. The summed E-state index contributed by atoms with van der Waals surface area (Å²) in [5.74, 6) is 0.382. The van der Waals surface area contributed by atoms with Crippen LogP contribution in [0.3, 0.4) is 0 Å². The Labute approximate surface area is 128 Å². The highest BCUT2D eigenvalue weighted by atomic mass is 19.4. The van der Waals surface area contributed by atoms with Gasteiger partial charge in [-0.15, -0.1) is 5.10 Å². The Morgan fingerprint density at radius 3 is 2.61 bits per heavy atom. The van der Waals surface area contributed by atoms with E-state index in [1.54, 1.807) is 0 Å². The van der Waals surface area contributed by atoms with Gasteiger partial charge in [0.1, 0.15) is 5.52 Å². The molecule has 1 N–H and O–H groups in total. The zero-order valence-corrected chi connectivity index (χ0v) is 12.2. The number of fused-ring (bicyclic) bond motifs is 1. The van der Waals surface area contributed by atoms with Crippen LogP contribution in [-0.4, -0.2) is 34.2 Å². The molecule has 0 unspecified atom stereocenters. The molecule has 122 valence electrons. The van der Waals surface area contributed by atoms with Gasteiger partial charge in [-0.05, 0) is 32.3 Å². The molecule has 7 nitrogen and oxygen atoms in total. The number of nitrogens with zero attached hydrogens (tertiary/aromatic N) is 4. The molecule has 1 aromatic carbocycles. The van der Waals surface area contributed by atoms with E-state index in [1.165, 1.54) is 6.07 Å². The van der Waals surface area contributed by atoms with E-state index in [9.17, 15) is 13.2 Å². The fraction of sp³-hybridized carbons (Fsp3) is 0.308. The van der Waals surface area contributed by atoms with Gasteiger partial charge in [-0.2, -0.15) is 18.2 Å². The van der Waals surface area contributed by atoms with Crippen LogP contribution in [0.25, 0.3) is 11.1 Å². The summed E-state index contributed by atoms with van der Waals surface area (Å²) in [6.45, 7) is 0.456. The smallest absolute Gasteiger partial charge is 0.416 e. The van der Waals surface area contributed by atoms with E-state index in [1.807, 2.05) is 19.0 Å². The highest BCUT2D eigenvalue weighted by molar-refractivity contribution is 5.75. The van der Waals surface area contributed by atoms with Gasteiger partial charge in [-0.3, -0.25) is 5.32 Å². The summed E-state index contributed by atoms with van der Waals surface area (Å²) >= 11 is 0. The number of hydrogen-bond donors (Lipinski definition) is 1. The van der Waals surface area contributed by atoms with Crippen LogP contribution in [0.4, 0.5) is 25.2 Å². The third kappa shape index (κ3) is 3.42. The van der Waals surface area contributed by atoms with Crippen LogP contribution >= 0.6 is 0 Å². The van der Waals surface area contributed by atoms with Gasteiger partial charge in [0.2, 0.25) is 5.89 Å². The number of anilines is 2. The molecular formula is C13H12F3N5O2. The van der Waals surface area contributed by atoms with Gasteiger partial charge >= 0.3 is 18.2 Å². The lowest BCUT2D eigenvalue weighted by Gasteiger charge is -2.04. The van der Waals surface area contributed by atoms with E-state index in [2.05, 4.69) is 20.5 Å². The molecule has 0 atom stereocenters. The second kappa shape index (κ2) is 5.54. The molecule has 3 rings (SSSR count). The van der Waals surface area contributed by atoms with Crippen molar-refractivity contribution in [1.82, 2.24) is 20.1 Å². The molecule has 2 aromatic heterocycles. The van der Waals surface area contributed by atoms with E-state index < -0.39 is 11.7 Å². The number of hydrogen-bond acceptors (Lipinski definition) is 7. The molecule has 0 aliphatic rings. The summed E-state index contributed by atoms with van der Waals surface area (Å²) < 4.78 is 48.6. The second-order valence-electron chi connectivity index (χ2n) is 5.06. The summed E-state index contributed by atoms with van der Waals surface area (Å²) in [7, 11) is 3.69. The molecule has 3 aromatic rings. The minimum absolute atomic E-state index is 0.0284. The summed E-state index contributed by atoms with van der Waals surface area (Å²) in [4.78, 5) is 5.78. The number of alkyl halides is 3. The molecule has 0 radical (unpaired) electrons. The van der Waals surface area contributed by atoms with Crippen LogP contribution in [0.2, 0.25) is 0 Å². The Morgan fingerprint density at radius 1 is 1.13 bits per heavy atom. The Kier molecular flexibility index (Phi) is 3.68. The molecule has 0 fully saturated rings. The van der Waals surface area contributed by atoms with Crippen molar-refractivity contribution in [3.63, 3.8) is 0 Å². The average Bonchev–Trinajstić information content (AvgIpc) is 3.02. The number of halogens is 3. The van der Waals surface area contributed by atoms with Crippen molar-refractivity contribution in [1.29, 1.82) is 0 Å². The number of rotatable bonds is 4. The number of benzene rings is 1. The highest BCUT2D eigenvalue weighted by Gasteiger charge is 2.31. The van der Waals surface area contributed by atoms with Crippen molar-refractivity contribution < 1.29 is 22.0 Å². The second-order valence-corrected chi connectivity index (χ2v) is 5.06. The van der Waals surface area contributed by atoms with Crippen LogP contribution in [0, 0.1) is 0 Å². The summed E-state index contributed by atoms with van der Waals surface area (Å²) in [5, 5.41) is 10.2. The van der Waals surface area contributed by atoms with E-state index in [0.717, 1.165) is 12.1 Å². The quantitative estimate of drug-likeness (QED) is 0.789. The monoisotopic (exact) mass is 327 g/mol. The fourth-order valence-corrected chi connectivity index (χ4v) is 1.89. The number of oxazole rings is 1. The molecule has 0 aliphatic carbocycles. The third-order valence-electron chi connectivity index (χ3n) is 2.85. The van der Waals surface area contributed by atoms with Crippen molar-refractivity contribution >= 4 is 23.1 Å². The van der Waals surface area contributed by atoms with Gasteiger partial charge in [-0.1, -0.05) is 5.10 Å². The summed E-state index contributed by atoms with van der Waals surface area (Å²) in [6.07, 6.45) is -4.44. The molecule has 23 heavy (non-hydrogen) atoms. The zero-order valence-electron chi connectivity index (χ0n) is 12.2. The Hall–Kier alpha value is -2.62. The third-order valence-corrected chi connectivity index (χ3v) is 2.85. The van der Waals surface area contributed by atoms with E-state index in [0.29, 0.717) is 12.4 Å². The molecule has 0 saturated heterocycles.